The van der Waals surface area contributed by atoms with Crippen molar-refractivity contribution in [3.05, 3.63) is 82.5 Å². The van der Waals surface area contributed by atoms with Gasteiger partial charge in [-0.25, -0.2) is 32.3 Å². The number of rotatable bonds is 12. The molecule has 1 unspecified atom stereocenters. The number of aromatic nitrogens is 4. The standard InChI is InChI=1S/C48H50F7N7O7/c1-24-34(48(53,54)55)32(35(49)41(56-24)60(18-26-8-13-29(65-6)14-9-26)19-27-10-15-30(66-7)16-11-27)37-36(50)38-33-40(59-43(58-38)67-23-46(22-63)21-47(46,51)52)61-20-28-12-17-31(39(61)25(2)68-42(33)57-37)62(28)44(64)69-45(3,4)5/h8-11,13-16,25,28,31,39,63H,12,17-23H2,1-7H3/t25-,28+,31-,39+,46?/m0/s1. The number of carbonyl (C=O) groups is 1. The van der Waals surface area contributed by atoms with Gasteiger partial charge in [0.2, 0.25) is 5.88 Å². The van der Waals surface area contributed by atoms with Gasteiger partial charge >= 0.3 is 18.3 Å². The summed E-state index contributed by atoms with van der Waals surface area (Å²) in [5.41, 5.74) is -7.10. The SMILES string of the molecule is COc1ccc(CN(Cc2ccc(OC)cc2)c2nc(C)c(C(F)(F)F)c(-c3nc4c5c(nc(OCC6(CO)CC6(F)F)nc5c3F)N3C[C@H]5CC[C@@H]([C@H]3[C@H](C)O4)N5C(=O)OC(C)(C)C)c2F)cc1. The molecule has 4 aliphatic rings. The van der Waals surface area contributed by atoms with Crippen molar-refractivity contribution >= 4 is 28.6 Å². The molecule has 3 aliphatic heterocycles. The Balaban J connectivity index is 1.23. The second-order valence-corrected chi connectivity index (χ2v) is 19.0. The number of carbonyl (C=O) groups excluding carboxylic acids is 1. The van der Waals surface area contributed by atoms with E-state index in [0.29, 0.717) is 35.5 Å². The number of aliphatic hydroxyl groups excluding tert-OH is 1. The second-order valence-electron chi connectivity index (χ2n) is 19.0. The van der Waals surface area contributed by atoms with E-state index < -0.39 is 130 Å². The van der Waals surface area contributed by atoms with Crippen molar-refractivity contribution in [3.63, 3.8) is 0 Å². The highest BCUT2D eigenvalue weighted by atomic mass is 19.4. The quantitative estimate of drug-likeness (QED) is 0.119. The number of anilines is 2. The number of pyridine rings is 2. The van der Waals surface area contributed by atoms with Gasteiger partial charge in [0.25, 0.3) is 5.92 Å². The summed E-state index contributed by atoms with van der Waals surface area (Å²) in [6.07, 6.45) is -6.57. The molecule has 0 radical (unpaired) electrons. The molecule has 368 valence electrons. The maximum Gasteiger partial charge on any atom is 0.418 e. The first-order valence-corrected chi connectivity index (χ1v) is 22.3. The van der Waals surface area contributed by atoms with Gasteiger partial charge in [-0.1, -0.05) is 24.3 Å². The van der Waals surface area contributed by atoms with Gasteiger partial charge in [-0.15, -0.1) is 0 Å². The van der Waals surface area contributed by atoms with Crippen LogP contribution in [0.5, 0.6) is 23.4 Å². The summed E-state index contributed by atoms with van der Waals surface area (Å²) >= 11 is 0. The van der Waals surface area contributed by atoms with E-state index in [4.69, 9.17) is 23.7 Å². The molecule has 1 aliphatic carbocycles. The number of hydrogen-bond donors (Lipinski definition) is 1. The number of aliphatic hydroxyl groups is 1. The van der Waals surface area contributed by atoms with Crippen LogP contribution < -0.4 is 28.7 Å². The molecule has 2 bridgehead atoms. The zero-order valence-corrected chi connectivity index (χ0v) is 38.8. The van der Waals surface area contributed by atoms with Crippen molar-refractivity contribution in [2.75, 3.05) is 43.8 Å². The van der Waals surface area contributed by atoms with Gasteiger partial charge < -0.3 is 38.6 Å². The van der Waals surface area contributed by atoms with Crippen LogP contribution in [0.4, 0.5) is 47.2 Å². The van der Waals surface area contributed by atoms with Crippen molar-refractivity contribution < 1.29 is 64.3 Å². The molecule has 6 heterocycles. The van der Waals surface area contributed by atoms with Crippen LogP contribution in [-0.4, -0.2) is 106 Å². The lowest BCUT2D eigenvalue weighted by atomic mass is 9.98. The number of halogens is 7. The maximum atomic E-state index is 17.8. The third-order valence-corrected chi connectivity index (χ3v) is 13.3. The predicted octanol–water partition coefficient (Wildman–Crippen LogP) is 9.05. The lowest BCUT2D eigenvalue weighted by molar-refractivity contribution is -0.138. The fourth-order valence-electron chi connectivity index (χ4n) is 9.76. The highest BCUT2D eigenvalue weighted by Gasteiger charge is 2.71. The number of methoxy groups -OCH3 is 2. The molecule has 1 saturated carbocycles. The number of benzene rings is 2. The Morgan fingerprint density at radius 2 is 1.52 bits per heavy atom. The molecule has 1 N–H and O–H groups in total. The lowest BCUT2D eigenvalue weighted by Crippen LogP contribution is -2.65. The summed E-state index contributed by atoms with van der Waals surface area (Å²) in [5, 5.41) is 9.74. The van der Waals surface area contributed by atoms with Crippen LogP contribution in [0.15, 0.2) is 48.5 Å². The molecule has 2 saturated heterocycles. The predicted molar refractivity (Wildman–Crippen MR) is 237 cm³/mol. The number of alkyl halides is 5. The van der Waals surface area contributed by atoms with Crippen LogP contribution in [0.2, 0.25) is 0 Å². The second kappa shape index (κ2) is 17.2. The minimum atomic E-state index is -5.32. The number of fused-ring (bicyclic) bond motifs is 5. The van der Waals surface area contributed by atoms with E-state index in [0.717, 1.165) is 6.92 Å². The first kappa shape index (κ1) is 47.7. The maximum absolute atomic E-state index is 17.8. The molecule has 21 heteroatoms. The summed E-state index contributed by atoms with van der Waals surface area (Å²) < 4.78 is 140. The van der Waals surface area contributed by atoms with Gasteiger partial charge in [-0.05, 0) is 82.9 Å². The molecule has 5 atom stereocenters. The summed E-state index contributed by atoms with van der Waals surface area (Å²) in [6, 6.07) is 11.0. The van der Waals surface area contributed by atoms with E-state index in [1.807, 2.05) is 0 Å². The average molecular weight is 970 g/mol. The number of aryl methyl sites for hydroxylation is 1. The lowest BCUT2D eigenvalue weighted by Gasteiger charge is -2.48. The smallest absolute Gasteiger partial charge is 0.418 e. The topological polar surface area (TPSA) is 145 Å². The monoisotopic (exact) mass is 969 g/mol. The third kappa shape index (κ3) is 8.60. The Morgan fingerprint density at radius 3 is 2.06 bits per heavy atom. The highest BCUT2D eigenvalue weighted by molar-refractivity contribution is 5.98. The fourth-order valence-corrected chi connectivity index (χ4v) is 9.76. The first-order valence-electron chi connectivity index (χ1n) is 22.3. The van der Waals surface area contributed by atoms with Crippen LogP contribution in [0.1, 0.15) is 69.3 Å². The molecule has 14 nitrogen and oxygen atoms in total. The van der Waals surface area contributed by atoms with Gasteiger partial charge in [-0.2, -0.15) is 23.1 Å². The van der Waals surface area contributed by atoms with Gasteiger partial charge in [0.1, 0.15) is 52.2 Å². The van der Waals surface area contributed by atoms with Gasteiger partial charge in [0, 0.05) is 26.1 Å². The molecule has 69 heavy (non-hydrogen) atoms. The van der Waals surface area contributed by atoms with Crippen molar-refractivity contribution in [1.29, 1.82) is 0 Å². The summed E-state index contributed by atoms with van der Waals surface area (Å²) in [7, 11) is 2.96. The summed E-state index contributed by atoms with van der Waals surface area (Å²) in [6.45, 7) is 5.99. The molecule has 3 aromatic heterocycles. The van der Waals surface area contributed by atoms with E-state index in [9.17, 15) is 18.7 Å². The number of nitrogens with zero attached hydrogens (tertiary/aromatic N) is 7. The van der Waals surface area contributed by atoms with E-state index in [1.165, 1.54) is 19.1 Å². The van der Waals surface area contributed by atoms with Crippen LogP contribution in [0.3, 0.4) is 0 Å². The Kier molecular flexibility index (Phi) is 11.9. The van der Waals surface area contributed by atoms with Gasteiger partial charge in [0.05, 0.1) is 61.2 Å². The summed E-state index contributed by atoms with van der Waals surface area (Å²) in [4.78, 5) is 35.9. The molecular weight excluding hydrogens is 920 g/mol. The van der Waals surface area contributed by atoms with Crippen molar-refractivity contribution in [2.24, 2.45) is 5.41 Å². The highest BCUT2D eigenvalue weighted by Crippen LogP contribution is 2.60. The van der Waals surface area contributed by atoms with Gasteiger partial charge in [-0.3, -0.25) is 4.90 Å². The normalized spacial score (nSPS) is 22.4. The Morgan fingerprint density at radius 1 is 0.913 bits per heavy atom. The van der Waals surface area contributed by atoms with Crippen LogP contribution in [0.25, 0.3) is 22.2 Å². The van der Waals surface area contributed by atoms with Crippen molar-refractivity contribution in [1.82, 2.24) is 24.8 Å². The Labute approximate surface area is 392 Å². The fraction of sp³-hybridized carbons (Fsp3) is 0.479. The molecule has 9 rings (SSSR count). The van der Waals surface area contributed by atoms with Crippen LogP contribution in [0, 0.1) is 24.0 Å². The van der Waals surface area contributed by atoms with Crippen LogP contribution >= 0.6 is 0 Å². The van der Waals surface area contributed by atoms with E-state index in [2.05, 4.69) is 19.9 Å². The Bertz CT molecular complexity index is 2750. The van der Waals surface area contributed by atoms with Gasteiger partial charge in [0.15, 0.2) is 17.5 Å². The van der Waals surface area contributed by atoms with E-state index >= 15 is 22.0 Å². The molecule has 2 aromatic carbocycles. The van der Waals surface area contributed by atoms with Crippen LogP contribution in [-0.2, 0) is 24.0 Å². The largest absolute Gasteiger partial charge is 0.497 e. The van der Waals surface area contributed by atoms with Crippen molar-refractivity contribution in [2.45, 2.75) is 109 Å². The zero-order valence-electron chi connectivity index (χ0n) is 38.8. The molecule has 5 aromatic rings. The molecular formula is C48H50F7N7O7. The van der Waals surface area contributed by atoms with E-state index in [-0.39, 0.29) is 30.8 Å². The Hall–Kier alpha value is -6.38. The number of amides is 1. The average Bonchev–Trinajstić information content (AvgIpc) is 3.76. The van der Waals surface area contributed by atoms with Crippen molar-refractivity contribution in [3.8, 4) is 34.6 Å². The van der Waals surface area contributed by atoms with E-state index in [1.54, 1.807) is 86.0 Å². The number of ether oxygens (including phenoxy) is 5. The zero-order chi connectivity index (χ0) is 49.5. The minimum absolute atomic E-state index is 0.0630. The molecule has 0 spiro atoms. The third-order valence-electron chi connectivity index (χ3n) is 13.3. The number of piperazine rings is 1. The summed E-state index contributed by atoms with van der Waals surface area (Å²) in [5.74, 6) is -6.44. The number of hydrogen-bond acceptors (Lipinski definition) is 13. The molecule has 3 fully saturated rings. The molecule has 1 amide bonds. The first-order chi connectivity index (χ1) is 32.6. The minimum Gasteiger partial charge on any atom is -0.497 e.